The SMILES string of the molecule is COc1cc(C(=O)NC[C@H](C)N)ccc1OC1CCN(C2CCCC2)CC1. The number of piperidine rings is 1. The molecule has 1 aromatic carbocycles. The predicted octanol–water partition coefficient (Wildman–Crippen LogP) is 2.56. The second-order valence-corrected chi connectivity index (χ2v) is 7.84. The van der Waals surface area contributed by atoms with Crippen LogP contribution in [0.15, 0.2) is 18.2 Å². The van der Waals surface area contributed by atoms with Crippen LogP contribution in [0.4, 0.5) is 0 Å². The number of amides is 1. The maximum atomic E-state index is 12.2. The molecule has 1 atom stereocenters. The van der Waals surface area contributed by atoms with E-state index in [1.807, 2.05) is 13.0 Å². The minimum absolute atomic E-state index is 0.0754. The number of nitrogens with zero attached hydrogens (tertiary/aromatic N) is 1. The largest absolute Gasteiger partial charge is 0.493 e. The van der Waals surface area contributed by atoms with Crippen LogP contribution in [0.2, 0.25) is 0 Å². The van der Waals surface area contributed by atoms with E-state index in [-0.39, 0.29) is 18.1 Å². The number of carbonyl (C=O) groups excluding carboxylic acids is 1. The van der Waals surface area contributed by atoms with Gasteiger partial charge in [0.2, 0.25) is 0 Å². The van der Waals surface area contributed by atoms with Gasteiger partial charge in [-0.2, -0.15) is 0 Å². The lowest BCUT2D eigenvalue weighted by Gasteiger charge is -2.36. The lowest BCUT2D eigenvalue weighted by atomic mass is 10.0. The number of hydrogen-bond donors (Lipinski definition) is 2. The Kier molecular flexibility index (Phi) is 6.96. The van der Waals surface area contributed by atoms with Crippen molar-refractivity contribution in [2.75, 3.05) is 26.7 Å². The highest BCUT2D eigenvalue weighted by Crippen LogP contribution is 2.32. The molecule has 27 heavy (non-hydrogen) atoms. The molecule has 0 bridgehead atoms. The fraction of sp³-hybridized carbons (Fsp3) is 0.667. The van der Waals surface area contributed by atoms with Gasteiger partial charge in [-0.3, -0.25) is 4.79 Å². The van der Waals surface area contributed by atoms with Crippen molar-refractivity contribution in [2.24, 2.45) is 5.73 Å². The van der Waals surface area contributed by atoms with E-state index in [9.17, 15) is 4.79 Å². The molecule has 1 saturated heterocycles. The van der Waals surface area contributed by atoms with Crippen molar-refractivity contribution in [3.8, 4) is 11.5 Å². The molecule has 0 spiro atoms. The standard InChI is InChI=1S/C21H33N3O3/c1-15(22)14-23-21(25)16-7-8-19(20(13-16)26-2)27-18-9-11-24(12-10-18)17-5-3-4-6-17/h7-8,13,15,17-18H,3-6,9-12,14,22H2,1-2H3,(H,23,25)/t15-/m0/s1. The number of nitrogens with one attached hydrogen (secondary N) is 1. The molecule has 6 nitrogen and oxygen atoms in total. The Labute approximate surface area is 162 Å². The van der Waals surface area contributed by atoms with Crippen molar-refractivity contribution in [3.05, 3.63) is 23.8 Å². The first-order valence-corrected chi connectivity index (χ1v) is 10.2. The zero-order chi connectivity index (χ0) is 19.2. The molecule has 2 fully saturated rings. The lowest BCUT2D eigenvalue weighted by molar-refractivity contribution is 0.0750. The molecule has 1 saturated carbocycles. The van der Waals surface area contributed by atoms with Gasteiger partial charge in [0, 0.05) is 37.3 Å². The van der Waals surface area contributed by atoms with Crippen LogP contribution < -0.4 is 20.5 Å². The summed E-state index contributed by atoms with van der Waals surface area (Å²) in [5.74, 6) is 1.16. The van der Waals surface area contributed by atoms with Gasteiger partial charge in [-0.05, 0) is 50.8 Å². The normalized spacial score (nSPS) is 20.4. The van der Waals surface area contributed by atoms with Crippen LogP contribution in [-0.2, 0) is 0 Å². The van der Waals surface area contributed by atoms with Gasteiger partial charge >= 0.3 is 0 Å². The van der Waals surface area contributed by atoms with E-state index in [0.717, 1.165) is 32.0 Å². The maximum absolute atomic E-state index is 12.2. The highest BCUT2D eigenvalue weighted by Gasteiger charge is 2.28. The van der Waals surface area contributed by atoms with Crippen molar-refractivity contribution in [1.29, 1.82) is 0 Å². The number of ether oxygens (including phenoxy) is 2. The minimum Gasteiger partial charge on any atom is -0.493 e. The van der Waals surface area contributed by atoms with Crippen LogP contribution in [0.5, 0.6) is 11.5 Å². The second-order valence-electron chi connectivity index (χ2n) is 7.84. The highest BCUT2D eigenvalue weighted by molar-refractivity contribution is 5.94. The van der Waals surface area contributed by atoms with Crippen LogP contribution >= 0.6 is 0 Å². The molecule has 1 aliphatic carbocycles. The summed E-state index contributed by atoms with van der Waals surface area (Å²) in [5, 5.41) is 2.82. The van der Waals surface area contributed by atoms with Crippen molar-refractivity contribution < 1.29 is 14.3 Å². The minimum atomic E-state index is -0.151. The number of benzene rings is 1. The summed E-state index contributed by atoms with van der Waals surface area (Å²) in [7, 11) is 1.61. The van der Waals surface area contributed by atoms with Crippen molar-refractivity contribution in [2.45, 2.75) is 63.6 Å². The Hall–Kier alpha value is -1.79. The van der Waals surface area contributed by atoms with E-state index in [1.54, 1.807) is 19.2 Å². The van der Waals surface area contributed by atoms with E-state index >= 15 is 0 Å². The maximum Gasteiger partial charge on any atom is 0.251 e. The molecule has 1 heterocycles. The first-order valence-electron chi connectivity index (χ1n) is 10.2. The quantitative estimate of drug-likeness (QED) is 0.766. The first-order chi connectivity index (χ1) is 13.1. The van der Waals surface area contributed by atoms with Gasteiger partial charge in [0.25, 0.3) is 5.91 Å². The zero-order valence-corrected chi connectivity index (χ0v) is 16.6. The molecule has 2 aliphatic rings. The Bertz CT molecular complexity index is 621. The molecule has 3 rings (SSSR count). The second kappa shape index (κ2) is 9.42. The van der Waals surface area contributed by atoms with Gasteiger partial charge in [-0.15, -0.1) is 0 Å². The van der Waals surface area contributed by atoms with Gasteiger partial charge in [-0.25, -0.2) is 0 Å². The molecule has 6 heteroatoms. The Morgan fingerprint density at radius 2 is 1.93 bits per heavy atom. The van der Waals surface area contributed by atoms with Crippen LogP contribution in [0.1, 0.15) is 55.8 Å². The van der Waals surface area contributed by atoms with E-state index in [0.29, 0.717) is 23.6 Å². The predicted molar refractivity (Wildman–Crippen MR) is 106 cm³/mol. The smallest absolute Gasteiger partial charge is 0.251 e. The Morgan fingerprint density at radius 3 is 2.56 bits per heavy atom. The van der Waals surface area contributed by atoms with Crippen LogP contribution in [-0.4, -0.2) is 55.7 Å². The fourth-order valence-corrected chi connectivity index (χ4v) is 4.07. The van der Waals surface area contributed by atoms with E-state index < -0.39 is 0 Å². The van der Waals surface area contributed by atoms with E-state index in [1.165, 1.54) is 25.7 Å². The van der Waals surface area contributed by atoms with Crippen molar-refractivity contribution >= 4 is 5.91 Å². The summed E-state index contributed by atoms with van der Waals surface area (Å²) < 4.78 is 11.7. The number of methoxy groups -OCH3 is 1. The Morgan fingerprint density at radius 1 is 1.22 bits per heavy atom. The summed E-state index contributed by atoms with van der Waals surface area (Å²) in [6, 6.07) is 6.06. The van der Waals surface area contributed by atoms with Gasteiger partial charge in [-0.1, -0.05) is 12.8 Å². The highest BCUT2D eigenvalue weighted by atomic mass is 16.5. The summed E-state index contributed by atoms with van der Waals surface area (Å²) >= 11 is 0. The Balaban J connectivity index is 1.56. The van der Waals surface area contributed by atoms with Gasteiger partial charge in [0.15, 0.2) is 11.5 Å². The number of carbonyl (C=O) groups is 1. The van der Waals surface area contributed by atoms with Gasteiger partial charge in [0.05, 0.1) is 7.11 Å². The molecule has 3 N–H and O–H groups in total. The third-order valence-electron chi connectivity index (χ3n) is 5.62. The lowest BCUT2D eigenvalue weighted by Crippen LogP contribution is -2.43. The number of rotatable bonds is 7. The third-order valence-corrected chi connectivity index (χ3v) is 5.62. The summed E-state index contributed by atoms with van der Waals surface area (Å²) in [5.41, 5.74) is 6.24. The molecule has 1 aliphatic heterocycles. The molecule has 150 valence electrons. The third kappa shape index (κ3) is 5.36. The summed E-state index contributed by atoms with van der Waals surface area (Å²) in [6.07, 6.45) is 7.74. The number of likely N-dealkylation sites (tertiary alicyclic amines) is 1. The number of nitrogens with two attached hydrogens (primary N) is 1. The van der Waals surface area contributed by atoms with Crippen molar-refractivity contribution in [3.63, 3.8) is 0 Å². The summed E-state index contributed by atoms with van der Waals surface area (Å²) in [4.78, 5) is 14.8. The van der Waals surface area contributed by atoms with Crippen molar-refractivity contribution in [1.82, 2.24) is 10.2 Å². The van der Waals surface area contributed by atoms with E-state index in [4.69, 9.17) is 15.2 Å². The average molecular weight is 376 g/mol. The molecule has 0 unspecified atom stereocenters. The first kappa shape index (κ1) is 20.0. The molecular weight excluding hydrogens is 342 g/mol. The van der Waals surface area contributed by atoms with Crippen LogP contribution in [0, 0.1) is 0 Å². The number of hydrogen-bond acceptors (Lipinski definition) is 5. The molecule has 0 aromatic heterocycles. The molecule has 0 radical (unpaired) electrons. The van der Waals surface area contributed by atoms with Crippen LogP contribution in [0.3, 0.4) is 0 Å². The molecule has 1 aromatic rings. The monoisotopic (exact) mass is 375 g/mol. The van der Waals surface area contributed by atoms with Gasteiger partial charge in [0.1, 0.15) is 6.10 Å². The molecule has 1 amide bonds. The summed E-state index contributed by atoms with van der Waals surface area (Å²) in [6.45, 7) is 4.51. The zero-order valence-electron chi connectivity index (χ0n) is 16.6. The van der Waals surface area contributed by atoms with Crippen LogP contribution in [0.25, 0.3) is 0 Å². The fourth-order valence-electron chi connectivity index (χ4n) is 4.07. The van der Waals surface area contributed by atoms with E-state index in [2.05, 4.69) is 10.2 Å². The molecular formula is C21H33N3O3. The average Bonchev–Trinajstić information content (AvgIpc) is 3.21. The van der Waals surface area contributed by atoms with Gasteiger partial charge < -0.3 is 25.4 Å². The topological polar surface area (TPSA) is 76.8 Å².